The van der Waals surface area contributed by atoms with Crippen LogP contribution in [0.3, 0.4) is 0 Å². The minimum absolute atomic E-state index is 0.212. The van der Waals surface area contributed by atoms with Gasteiger partial charge in [0.15, 0.2) is 0 Å². The predicted molar refractivity (Wildman–Crippen MR) is 96.3 cm³/mol. The van der Waals surface area contributed by atoms with Gasteiger partial charge in [-0.2, -0.15) is 0 Å². The van der Waals surface area contributed by atoms with E-state index in [1.807, 2.05) is 0 Å². The van der Waals surface area contributed by atoms with Gasteiger partial charge in [0.1, 0.15) is 0 Å². The van der Waals surface area contributed by atoms with Crippen LogP contribution in [0.2, 0.25) is 0 Å². The molecule has 1 aromatic rings. The van der Waals surface area contributed by atoms with Gasteiger partial charge in [-0.05, 0) is 75.8 Å². The fraction of sp³-hybridized carbons (Fsp3) is 0.647. The van der Waals surface area contributed by atoms with Crippen molar-refractivity contribution in [3.8, 4) is 0 Å². The summed E-state index contributed by atoms with van der Waals surface area (Å²) < 4.78 is 2.37. The molecule has 114 valence electrons. The van der Waals surface area contributed by atoms with Gasteiger partial charge in [-0.3, -0.25) is 0 Å². The van der Waals surface area contributed by atoms with Crippen LogP contribution < -0.4 is 5.32 Å². The van der Waals surface area contributed by atoms with Gasteiger partial charge in [-0.1, -0.05) is 45.7 Å². The van der Waals surface area contributed by atoms with Crippen molar-refractivity contribution in [2.24, 2.45) is 5.41 Å². The van der Waals surface area contributed by atoms with Gasteiger partial charge >= 0.3 is 0 Å². The summed E-state index contributed by atoms with van der Waals surface area (Å²) in [6, 6.07) is 6.41. The Hall–Kier alpha value is 0.140. The number of hydrogen-bond donors (Lipinski definition) is 1. The molecule has 1 rings (SSSR count). The molecule has 1 aromatic carbocycles. The quantitative estimate of drug-likeness (QED) is 0.617. The van der Waals surface area contributed by atoms with Gasteiger partial charge in [0.05, 0.1) is 0 Å². The van der Waals surface area contributed by atoms with Crippen LogP contribution in [-0.2, 0) is 6.42 Å². The number of benzene rings is 1. The lowest BCUT2D eigenvalue weighted by Gasteiger charge is -2.28. The minimum atomic E-state index is 0.212. The molecule has 0 saturated heterocycles. The standard InChI is InChI=1S/C17H27Br2N/c1-16(2,3)20-11-10-17(4,5)9-8-13-12-14(18)6-7-15(13)19/h6-7,12,20H,8-11H2,1-5H3. The molecule has 0 radical (unpaired) electrons. The molecule has 3 heteroatoms. The summed E-state index contributed by atoms with van der Waals surface area (Å²) in [4.78, 5) is 0. The summed E-state index contributed by atoms with van der Waals surface area (Å²) >= 11 is 7.19. The van der Waals surface area contributed by atoms with Gasteiger partial charge in [0.2, 0.25) is 0 Å². The first kappa shape index (κ1) is 18.2. The van der Waals surface area contributed by atoms with Crippen LogP contribution in [0.25, 0.3) is 0 Å². The molecule has 0 heterocycles. The first-order valence-corrected chi connectivity index (χ1v) is 8.87. The van der Waals surface area contributed by atoms with Crippen LogP contribution >= 0.6 is 31.9 Å². The second-order valence-electron chi connectivity index (χ2n) is 7.33. The van der Waals surface area contributed by atoms with Gasteiger partial charge in [0.25, 0.3) is 0 Å². The first-order chi connectivity index (χ1) is 9.09. The normalized spacial score (nSPS) is 12.8. The van der Waals surface area contributed by atoms with E-state index in [1.54, 1.807) is 0 Å². The zero-order valence-corrected chi connectivity index (χ0v) is 16.5. The predicted octanol–water partition coefficient (Wildman–Crippen LogP) is 5.95. The SMILES string of the molecule is CC(C)(CCNC(C)(C)C)CCc1cc(Br)ccc1Br. The second-order valence-corrected chi connectivity index (χ2v) is 9.10. The highest BCUT2D eigenvalue weighted by Gasteiger charge is 2.19. The van der Waals surface area contributed by atoms with Gasteiger partial charge in [-0.25, -0.2) is 0 Å². The summed E-state index contributed by atoms with van der Waals surface area (Å²) in [6.45, 7) is 12.5. The third kappa shape index (κ3) is 7.24. The molecular weight excluding hydrogens is 378 g/mol. The zero-order chi connectivity index (χ0) is 15.4. The lowest BCUT2D eigenvalue weighted by molar-refractivity contribution is 0.284. The molecule has 0 amide bonds. The molecule has 0 atom stereocenters. The van der Waals surface area contributed by atoms with E-state index in [2.05, 4.69) is 90.0 Å². The van der Waals surface area contributed by atoms with Crippen LogP contribution in [0.4, 0.5) is 0 Å². The summed E-state index contributed by atoms with van der Waals surface area (Å²) in [6.07, 6.45) is 3.52. The summed E-state index contributed by atoms with van der Waals surface area (Å²) in [5.41, 5.74) is 1.96. The number of halogens is 2. The Balaban J connectivity index is 2.48. The van der Waals surface area contributed by atoms with Crippen molar-refractivity contribution in [1.29, 1.82) is 0 Å². The summed E-state index contributed by atoms with van der Waals surface area (Å²) in [5.74, 6) is 0. The number of nitrogens with one attached hydrogen (secondary N) is 1. The van der Waals surface area contributed by atoms with E-state index in [4.69, 9.17) is 0 Å². The number of aryl methyl sites for hydroxylation is 1. The average Bonchev–Trinajstić information content (AvgIpc) is 2.28. The molecule has 1 nitrogen and oxygen atoms in total. The largest absolute Gasteiger partial charge is 0.312 e. The molecule has 1 N–H and O–H groups in total. The van der Waals surface area contributed by atoms with Crippen molar-refractivity contribution in [3.05, 3.63) is 32.7 Å². The Labute approximate surface area is 141 Å². The van der Waals surface area contributed by atoms with E-state index < -0.39 is 0 Å². The van der Waals surface area contributed by atoms with Crippen molar-refractivity contribution < 1.29 is 0 Å². The highest BCUT2D eigenvalue weighted by molar-refractivity contribution is 9.11. The van der Waals surface area contributed by atoms with Gasteiger partial charge in [-0.15, -0.1) is 0 Å². The fourth-order valence-electron chi connectivity index (χ4n) is 2.11. The van der Waals surface area contributed by atoms with Crippen molar-refractivity contribution in [3.63, 3.8) is 0 Å². The minimum Gasteiger partial charge on any atom is -0.312 e. The molecule has 0 bridgehead atoms. The molecule has 0 aliphatic carbocycles. The average molecular weight is 405 g/mol. The first-order valence-electron chi connectivity index (χ1n) is 7.28. The molecule has 0 fully saturated rings. The van der Waals surface area contributed by atoms with E-state index in [-0.39, 0.29) is 5.54 Å². The summed E-state index contributed by atoms with van der Waals surface area (Å²) in [5, 5.41) is 3.58. The smallest absolute Gasteiger partial charge is 0.0208 e. The van der Waals surface area contributed by atoms with Gasteiger partial charge in [0, 0.05) is 14.5 Å². The lowest BCUT2D eigenvalue weighted by Crippen LogP contribution is -2.38. The topological polar surface area (TPSA) is 12.0 Å². The van der Waals surface area contributed by atoms with Gasteiger partial charge < -0.3 is 5.32 Å². The molecule has 20 heavy (non-hydrogen) atoms. The number of rotatable bonds is 6. The molecule has 0 unspecified atom stereocenters. The highest BCUT2D eigenvalue weighted by Crippen LogP contribution is 2.30. The van der Waals surface area contributed by atoms with Crippen LogP contribution in [0.15, 0.2) is 27.1 Å². The van der Waals surface area contributed by atoms with E-state index in [9.17, 15) is 0 Å². The Bertz CT molecular complexity index is 433. The maximum absolute atomic E-state index is 3.64. The van der Waals surface area contributed by atoms with Crippen molar-refractivity contribution >= 4 is 31.9 Å². The van der Waals surface area contributed by atoms with Crippen LogP contribution in [0.1, 0.15) is 53.0 Å². The van der Waals surface area contributed by atoms with Crippen molar-refractivity contribution in [2.75, 3.05) is 6.54 Å². The van der Waals surface area contributed by atoms with Crippen LogP contribution in [0, 0.1) is 5.41 Å². The molecule has 0 aromatic heterocycles. The maximum atomic E-state index is 3.64. The third-order valence-electron chi connectivity index (χ3n) is 3.54. The monoisotopic (exact) mass is 403 g/mol. The molecule has 0 saturated carbocycles. The van der Waals surface area contributed by atoms with E-state index in [0.717, 1.165) is 17.4 Å². The molecule has 0 spiro atoms. The highest BCUT2D eigenvalue weighted by atomic mass is 79.9. The fourth-order valence-corrected chi connectivity index (χ4v) is 2.96. The third-order valence-corrected chi connectivity index (χ3v) is 4.80. The maximum Gasteiger partial charge on any atom is 0.0208 e. The molecular formula is C17H27Br2N. The zero-order valence-electron chi connectivity index (χ0n) is 13.3. The van der Waals surface area contributed by atoms with Crippen molar-refractivity contribution in [1.82, 2.24) is 5.32 Å². The summed E-state index contributed by atoms with van der Waals surface area (Å²) in [7, 11) is 0. The Morgan fingerprint density at radius 2 is 1.65 bits per heavy atom. The Kier molecular flexibility index (Phi) is 6.75. The van der Waals surface area contributed by atoms with E-state index in [0.29, 0.717) is 5.41 Å². The number of hydrogen-bond acceptors (Lipinski definition) is 1. The Morgan fingerprint density at radius 3 is 2.25 bits per heavy atom. The Morgan fingerprint density at radius 1 is 1.00 bits per heavy atom. The van der Waals surface area contributed by atoms with Crippen LogP contribution in [-0.4, -0.2) is 12.1 Å². The lowest BCUT2D eigenvalue weighted by atomic mass is 9.83. The van der Waals surface area contributed by atoms with E-state index in [1.165, 1.54) is 22.9 Å². The van der Waals surface area contributed by atoms with Crippen molar-refractivity contribution in [2.45, 2.75) is 59.4 Å². The molecule has 0 aliphatic heterocycles. The van der Waals surface area contributed by atoms with Crippen LogP contribution in [0.5, 0.6) is 0 Å². The molecule has 0 aliphatic rings. The second kappa shape index (κ2) is 7.42. The van der Waals surface area contributed by atoms with E-state index >= 15 is 0 Å².